The van der Waals surface area contributed by atoms with Crippen LogP contribution in [0.3, 0.4) is 0 Å². The van der Waals surface area contributed by atoms with E-state index in [0.717, 1.165) is 55.1 Å². The van der Waals surface area contributed by atoms with Gasteiger partial charge in [0.25, 0.3) is 0 Å². The van der Waals surface area contributed by atoms with Crippen LogP contribution in [0.2, 0.25) is 0 Å². The third kappa shape index (κ3) is 4.70. The monoisotopic (exact) mass is 439 g/mol. The number of ether oxygens (including phenoxy) is 1. The van der Waals surface area contributed by atoms with E-state index in [1.807, 2.05) is 36.4 Å². The van der Waals surface area contributed by atoms with Crippen LogP contribution in [-0.2, 0) is 13.1 Å². The van der Waals surface area contributed by atoms with Gasteiger partial charge in [0.2, 0.25) is 0 Å². The number of aromatic nitrogens is 1. The molecule has 5 nitrogen and oxygen atoms in total. The number of benzene rings is 3. The van der Waals surface area contributed by atoms with E-state index in [2.05, 4.69) is 57.2 Å². The van der Waals surface area contributed by atoms with E-state index in [-0.39, 0.29) is 5.43 Å². The molecule has 0 unspecified atom stereocenters. The Labute approximate surface area is 194 Å². The minimum atomic E-state index is 0.0771. The number of piperazine rings is 1. The molecule has 4 aromatic rings. The number of hydrogen-bond acceptors (Lipinski definition) is 4. The topological polar surface area (TPSA) is 48.6 Å². The van der Waals surface area contributed by atoms with E-state index in [4.69, 9.17) is 4.74 Å². The van der Waals surface area contributed by atoms with Crippen LogP contribution in [0.15, 0.2) is 83.7 Å². The van der Waals surface area contributed by atoms with Crippen molar-refractivity contribution >= 4 is 10.9 Å². The Bertz CT molecular complexity index is 1280. The Morgan fingerprint density at radius 2 is 1.45 bits per heavy atom. The van der Waals surface area contributed by atoms with Crippen LogP contribution >= 0.6 is 0 Å². The molecule has 1 aliphatic heterocycles. The van der Waals surface area contributed by atoms with Gasteiger partial charge in [0.15, 0.2) is 5.43 Å². The molecule has 1 fully saturated rings. The third-order valence-electron chi connectivity index (χ3n) is 6.46. The van der Waals surface area contributed by atoms with Crippen molar-refractivity contribution in [1.29, 1.82) is 0 Å². The average molecular weight is 440 g/mol. The molecule has 1 aromatic heterocycles. The van der Waals surface area contributed by atoms with Crippen LogP contribution in [0.1, 0.15) is 11.1 Å². The molecule has 168 valence electrons. The molecule has 0 atom stereocenters. The summed E-state index contributed by atoms with van der Waals surface area (Å²) in [6.45, 7) is 5.48. The van der Waals surface area contributed by atoms with Crippen molar-refractivity contribution < 1.29 is 4.74 Å². The standard InChI is InChI=1S/C28H29N3O2/c1-33-23-12-13-26-24(18-23)28(32)25(27(29-26)22-10-6-3-7-11-22)20-31-16-14-30(15-17-31)19-21-8-4-2-5-9-21/h2-13,18H,14-17,19-20H2,1H3,(H,29,32). The molecule has 2 heterocycles. The first-order valence-electron chi connectivity index (χ1n) is 11.5. The predicted molar refractivity (Wildman–Crippen MR) is 134 cm³/mol. The second-order valence-corrected chi connectivity index (χ2v) is 8.62. The van der Waals surface area contributed by atoms with Crippen LogP contribution in [0.25, 0.3) is 22.2 Å². The average Bonchev–Trinajstić information content (AvgIpc) is 2.87. The van der Waals surface area contributed by atoms with Crippen molar-refractivity contribution in [2.75, 3.05) is 33.3 Å². The molecule has 0 saturated carbocycles. The Kier molecular flexibility index (Phi) is 6.24. The van der Waals surface area contributed by atoms with Gasteiger partial charge in [0, 0.05) is 50.2 Å². The summed E-state index contributed by atoms with van der Waals surface area (Å²) < 4.78 is 5.37. The van der Waals surface area contributed by atoms with Crippen molar-refractivity contribution in [3.8, 4) is 17.0 Å². The SMILES string of the molecule is COc1ccc2[nH]c(-c3ccccc3)c(CN3CCN(Cc4ccccc4)CC3)c(=O)c2c1. The highest BCUT2D eigenvalue weighted by atomic mass is 16.5. The van der Waals surface area contributed by atoms with Gasteiger partial charge in [0.05, 0.1) is 18.3 Å². The van der Waals surface area contributed by atoms with Gasteiger partial charge in [-0.05, 0) is 29.3 Å². The molecule has 5 heteroatoms. The van der Waals surface area contributed by atoms with Gasteiger partial charge in [-0.1, -0.05) is 60.7 Å². The first-order valence-corrected chi connectivity index (χ1v) is 11.5. The fourth-order valence-electron chi connectivity index (χ4n) is 4.61. The number of H-pyrrole nitrogens is 1. The van der Waals surface area contributed by atoms with Gasteiger partial charge in [-0.15, -0.1) is 0 Å². The molecule has 33 heavy (non-hydrogen) atoms. The number of methoxy groups -OCH3 is 1. The number of nitrogens with zero attached hydrogens (tertiary/aromatic N) is 2. The Morgan fingerprint density at radius 3 is 2.12 bits per heavy atom. The molecule has 1 saturated heterocycles. The zero-order valence-electron chi connectivity index (χ0n) is 19.0. The molecule has 1 N–H and O–H groups in total. The zero-order chi connectivity index (χ0) is 22.6. The summed E-state index contributed by atoms with van der Waals surface area (Å²) in [5.41, 5.74) is 5.01. The first-order chi connectivity index (χ1) is 16.2. The third-order valence-corrected chi connectivity index (χ3v) is 6.46. The highest BCUT2D eigenvalue weighted by Crippen LogP contribution is 2.26. The zero-order valence-corrected chi connectivity index (χ0v) is 19.0. The lowest BCUT2D eigenvalue weighted by molar-refractivity contribution is 0.122. The summed E-state index contributed by atoms with van der Waals surface area (Å²) in [7, 11) is 1.63. The van der Waals surface area contributed by atoms with E-state index in [1.165, 1.54) is 5.56 Å². The number of nitrogens with one attached hydrogen (secondary N) is 1. The Morgan fingerprint density at radius 1 is 0.818 bits per heavy atom. The van der Waals surface area contributed by atoms with E-state index < -0.39 is 0 Å². The maximum Gasteiger partial charge on any atom is 0.194 e. The second-order valence-electron chi connectivity index (χ2n) is 8.62. The van der Waals surface area contributed by atoms with Gasteiger partial charge in [0.1, 0.15) is 5.75 Å². The molecule has 0 amide bonds. The van der Waals surface area contributed by atoms with E-state index >= 15 is 0 Å². The maximum absolute atomic E-state index is 13.7. The predicted octanol–water partition coefficient (Wildman–Crippen LogP) is 4.52. The second kappa shape index (κ2) is 9.61. The quantitative estimate of drug-likeness (QED) is 0.480. The van der Waals surface area contributed by atoms with Crippen molar-refractivity contribution in [2.45, 2.75) is 13.1 Å². The van der Waals surface area contributed by atoms with E-state index in [9.17, 15) is 4.79 Å². The van der Waals surface area contributed by atoms with Gasteiger partial charge in [-0.25, -0.2) is 0 Å². The lowest BCUT2D eigenvalue weighted by Gasteiger charge is -2.35. The number of aromatic amines is 1. The van der Waals surface area contributed by atoms with Crippen LogP contribution in [0, 0.1) is 0 Å². The highest BCUT2D eigenvalue weighted by Gasteiger charge is 2.21. The van der Waals surface area contributed by atoms with Crippen molar-refractivity contribution in [3.63, 3.8) is 0 Å². The fourth-order valence-corrected chi connectivity index (χ4v) is 4.61. The summed E-state index contributed by atoms with van der Waals surface area (Å²) >= 11 is 0. The minimum absolute atomic E-state index is 0.0771. The number of rotatable bonds is 6. The van der Waals surface area contributed by atoms with E-state index in [0.29, 0.717) is 17.7 Å². The van der Waals surface area contributed by atoms with Gasteiger partial charge in [-0.2, -0.15) is 0 Å². The van der Waals surface area contributed by atoms with Crippen molar-refractivity contribution in [3.05, 3.63) is 100 Å². The van der Waals surface area contributed by atoms with Crippen LogP contribution < -0.4 is 10.2 Å². The summed E-state index contributed by atoms with van der Waals surface area (Å²) in [5, 5.41) is 0.673. The number of hydrogen-bond donors (Lipinski definition) is 1. The molecule has 3 aromatic carbocycles. The van der Waals surface area contributed by atoms with Crippen LogP contribution in [0.4, 0.5) is 0 Å². The minimum Gasteiger partial charge on any atom is -0.497 e. The summed E-state index contributed by atoms with van der Waals surface area (Å²) in [6, 6.07) is 26.4. The summed E-state index contributed by atoms with van der Waals surface area (Å²) in [4.78, 5) is 22.1. The summed E-state index contributed by atoms with van der Waals surface area (Å²) in [5.74, 6) is 0.695. The van der Waals surface area contributed by atoms with Gasteiger partial charge >= 0.3 is 0 Å². The van der Waals surface area contributed by atoms with Gasteiger partial charge in [-0.3, -0.25) is 14.6 Å². The number of pyridine rings is 1. The van der Waals surface area contributed by atoms with Crippen molar-refractivity contribution in [2.24, 2.45) is 0 Å². The molecule has 0 radical (unpaired) electrons. The van der Waals surface area contributed by atoms with Crippen LogP contribution in [0.5, 0.6) is 5.75 Å². The summed E-state index contributed by atoms with van der Waals surface area (Å²) in [6.07, 6.45) is 0. The lowest BCUT2D eigenvalue weighted by Crippen LogP contribution is -2.46. The fraction of sp³-hybridized carbons (Fsp3) is 0.250. The Balaban J connectivity index is 1.42. The smallest absolute Gasteiger partial charge is 0.194 e. The molecule has 0 bridgehead atoms. The van der Waals surface area contributed by atoms with Crippen molar-refractivity contribution in [1.82, 2.24) is 14.8 Å². The lowest BCUT2D eigenvalue weighted by atomic mass is 10.0. The molecule has 1 aliphatic rings. The largest absolute Gasteiger partial charge is 0.497 e. The molecule has 0 aliphatic carbocycles. The maximum atomic E-state index is 13.7. The molecule has 0 spiro atoms. The van der Waals surface area contributed by atoms with Gasteiger partial charge < -0.3 is 9.72 Å². The van der Waals surface area contributed by atoms with E-state index in [1.54, 1.807) is 7.11 Å². The molecular formula is C28H29N3O2. The first kappa shape index (κ1) is 21.4. The normalized spacial score (nSPS) is 15.1. The number of fused-ring (bicyclic) bond motifs is 1. The highest BCUT2D eigenvalue weighted by molar-refractivity contribution is 5.84. The molecule has 5 rings (SSSR count). The Hall–Kier alpha value is -3.41. The molecular weight excluding hydrogens is 410 g/mol. The van der Waals surface area contributed by atoms with Crippen LogP contribution in [-0.4, -0.2) is 48.1 Å².